The van der Waals surface area contributed by atoms with Crippen LogP contribution in [0.4, 0.5) is 0 Å². The molecule has 1 aromatic rings. The molecule has 1 saturated heterocycles. The van der Waals surface area contributed by atoms with E-state index in [1.165, 1.54) is 5.56 Å². The van der Waals surface area contributed by atoms with Crippen LogP contribution in [0.3, 0.4) is 0 Å². The van der Waals surface area contributed by atoms with Gasteiger partial charge in [-0.1, -0.05) is 24.3 Å². The van der Waals surface area contributed by atoms with Crippen LogP contribution < -0.4 is 11.5 Å². The summed E-state index contributed by atoms with van der Waals surface area (Å²) in [5.74, 6) is -0.206. The number of benzene rings is 1. The Morgan fingerprint density at radius 3 is 2.27 bits per heavy atom. The number of nitrogens with one attached hydrogen (secondary N) is 1. The molecule has 0 unspecified atom stereocenters. The first-order chi connectivity index (χ1) is 10.5. The van der Waals surface area contributed by atoms with Crippen LogP contribution in [0.5, 0.6) is 0 Å². The Morgan fingerprint density at radius 1 is 1.18 bits per heavy atom. The number of amides is 1. The van der Waals surface area contributed by atoms with Crippen molar-refractivity contribution in [1.29, 1.82) is 5.41 Å². The van der Waals surface area contributed by atoms with E-state index < -0.39 is 0 Å². The predicted molar refractivity (Wildman–Crippen MR) is 84.4 cm³/mol. The lowest BCUT2D eigenvalue weighted by Crippen LogP contribution is -2.10. The molecule has 2 rings (SSSR count). The molecule has 1 aliphatic rings. The maximum absolute atomic E-state index is 10.5. The molecule has 6 heteroatoms. The van der Waals surface area contributed by atoms with E-state index in [1.807, 2.05) is 24.3 Å². The van der Waals surface area contributed by atoms with Crippen molar-refractivity contribution in [2.45, 2.75) is 38.5 Å². The van der Waals surface area contributed by atoms with Crippen LogP contribution in [0.1, 0.15) is 43.2 Å². The Bertz CT molecular complexity index is 504. The highest BCUT2D eigenvalue weighted by molar-refractivity contribution is 5.94. The summed E-state index contributed by atoms with van der Waals surface area (Å²) >= 11 is 0. The first kappa shape index (κ1) is 17.7. The number of nitrogens with two attached hydrogens (primary N) is 2. The molecule has 0 atom stereocenters. The number of unbranched alkanes of at least 4 members (excludes halogenated alkanes) is 1. The number of nitrogen functional groups attached to an aromatic ring is 1. The largest absolute Gasteiger partial charge is 0.466 e. The molecule has 0 aromatic heterocycles. The van der Waals surface area contributed by atoms with E-state index in [2.05, 4.69) is 4.74 Å². The van der Waals surface area contributed by atoms with Crippen molar-refractivity contribution in [3.8, 4) is 0 Å². The molecule has 0 aliphatic carbocycles. The second-order valence-corrected chi connectivity index (χ2v) is 5.11. The van der Waals surface area contributed by atoms with Gasteiger partial charge in [0.15, 0.2) is 0 Å². The van der Waals surface area contributed by atoms with Crippen LogP contribution in [0.2, 0.25) is 0 Å². The molecule has 5 N–H and O–H groups in total. The van der Waals surface area contributed by atoms with E-state index in [9.17, 15) is 9.59 Å². The maximum atomic E-state index is 10.5. The molecule has 0 radical (unpaired) electrons. The van der Waals surface area contributed by atoms with Gasteiger partial charge >= 0.3 is 5.97 Å². The minimum atomic E-state index is -0.244. The van der Waals surface area contributed by atoms with Gasteiger partial charge in [0, 0.05) is 18.4 Å². The van der Waals surface area contributed by atoms with Gasteiger partial charge in [-0.15, -0.1) is 0 Å². The van der Waals surface area contributed by atoms with E-state index >= 15 is 0 Å². The van der Waals surface area contributed by atoms with Crippen LogP contribution in [0.15, 0.2) is 24.3 Å². The van der Waals surface area contributed by atoms with Gasteiger partial charge in [-0.25, -0.2) is 0 Å². The lowest BCUT2D eigenvalue weighted by atomic mass is 10.0. The predicted octanol–water partition coefficient (Wildman–Crippen LogP) is 1.49. The van der Waals surface area contributed by atoms with Crippen LogP contribution in [-0.2, 0) is 20.7 Å². The number of esters is 1. The van der Waals surface area contributed by atoms with Crippen LogP contribution in [-0.4, -0.2) is 24.3 Å². The van der Waals surface area contributed by atoms with Gasteiger partial charge in [0.05, 0.1) is 6.61 Å². The molecule has 1 fully saturated rings. The lowest BCUT2D eigenvalue weighted by Gasteiger charge is -2.02. The van der Waals surface area contributed by atoms with E-state index in [4.69, 9.17) is 16.9 Å². The van der Waals surface area contributed by atoms with Gasteiger partial charge in [0.1, 0.15) is 5.84 Å². The third-order valence-electron chi connectivity index (χ3n) is 3.19. The van der Waals surface area contributed by atoms with Crippen molar-refractivity contribution < 1.29 is 14.3 Å². The summed E-state index contributed by atoms with van der Waals surface area (Å²) < 4.78 is 4.51. The van der Waals surface area contributed by atoms with Gasteiger partial charge in [0.25, 0.3) is 0 Å². The van der Waals surface area contributed by atoms with Gasteiger partial charge in [0.2, 0.25) is 5.91 Å². The fraction of sp³-hybridized carbons (Fsp3) is 0.438. The topological polar surface area (TPSA) is 119 Å². The first-order valence-electron chi connectivity index (χ1n) is 7.36. The van der Waals surface area contributed by atoms with Crippen molar-refractivity contribution in [2.75, 3.05) is 6.61 Å². The number of cyclic esters (lactones) is 1. The molecule has 1 amide bonds. The van der Waals surface area contributed by atoms with Gasteiger partial charge < -0.3 is 16.2 Å². The van der Waals surface area contributed by atoms with E-state index in [0.29, 0.717) is 19.4 Å². The highest BCUT2D eigenvalue weighted by atomic mass is 16.5. The zero-order chi connectivity index (χ0) is 16.4. The lowest BCUT2D eigenvalue weighted by molar-refractivity contribution is -0.137. The third-order valence-corrected chi connectivity index (χ3v) is 3.19. The maximum Gasteiger partial charge on any atom is 0.305 e. The Balaban J connectivity index is 0.000000335. The number of primary amides is 1. The molecule has 1 aliphatic heterocycles. The molecule has 0 spiro atoms. The number of amidine groups is 1. The monoisotopic (exact) mass is 305 g/mol. The molecule has 0 saturated carbocycles. The van der Waals surface area contributed by atoms with Crippen LogP contribution >= 0.6 is 0 Å². The molecule has 120 valence electrons. The first-order valence-corrected chi connectivity index (χ1v) is 7.36. The Morgan fingerprint density at radius 2 is 1.86 bits per heavy atom. The average molecular weight is 305 g/mol. The van der Waals surface area contributed by atoms with E-state index in [1.54, 1.807) is 0 Å². The number of aryl methyl sites for hydroxylation is 1. The highest BCUT2D eigenvalue weighted by Gasteiger charge is 2.08. The summed E-state index contributed by atoms with van der Waals surface area (Å²) in [5, 5.41) is 7.25. The van der Waals surface area contributed by atoms with E-state index in [0.717, 1.165) is 31.2 Å². The normalized spacial score (nSPS) is 13.0. The molecule has 1 aromatic carbocycles. The summed E-state index contributed by atoms with van der Waals surface area (Å²) in [7, 11) is 0. The number of ether oxygens (including phenoxy) is 1. The van der Waals surface area contributed by atoms with Crippen LogP contribution in [0, 0.1) is 5.41 Å². The molecular formula is C16H23N3O3. The SMILES string of the molecule is N=C(N)c1ccc(CCCCC(N)=O)cc1.O=C1CCCO1. The number of rotatable bonds is 6. The van der Waals surface area contributed by atoms with Crippen molar-refractivity contribution in [3.05, 3.63) is 35.4 Å². The molecule has 0 bridgehead atoms. The quantitative estimate of drug-likeness (QED) is 0.319. The van der Waals surface area contributed by atoms with Crippen molar-refractivity contribution in [1.82, 2.24) is 0 Å². The Hall–Kier alpha value is -2.37. The second-order valence-electron chi connectivity index (χ2n) is 5.11. The van der Waals surface area contributed by atoms with Crippen LogP contribution in [0.25, 0.3) is 0 Å². The zero-order valence-corrected chi connectivity index (χ0v) is 12.6. The average Bonchev–Trinajstić information content (AvgIpc) is 2.96. The van der Waals surface area contributed by atoms with Crippen molar-refractivity contribution in [3.63, 3.8) is 0 Å². The highest BCUT2D eigenvalue weighted by Crippen LogP contribution is 2.08. The van der Waals surface area contributed by atoms with Gasteiger partial charge in [-0.05, 0) is 31.2 Å². The second kappa shape index (κ2) is 9.55. The summed E-state index contributed by atoms with van der Waals surface area (Å²) in [6, 6.07) is 7.60. The summed E-state index contributed by atoms with van der Waals surface area (Å²) in [5.41, 5.74) is 12.3. The molecular weight excluding hydrogens is 282 g/mol. The summed E-state index contributed by atoms with van der Waals surface area (Å²) in [6.07, 6.45) is 4.68. The zero-order valence-electron chi connectivity index (χ0n) is 12.6. The minimum Gasteiger partial charge on any atom is -0.466 e. The molecule has 6 nitrogen and oxygen atoms in total. The number of hydrogen-bond donors (Lipinski definition) is 3. The molecule has 22 heavy (non-hydrogen) atoms. The van der Waals surface area contributed by atoms with E-state index in [-0.39, 0.29) is 17.7 Å². The van der Waals surface area contributed by atoms with Gasteiger partial charge in [-0.2, -0.15) is 0 Å². The number of carbonyl (C=O) groups is 2. The smallest absolute Gasteiger partial charge is 0.305 e. The standard InChI is InChI=1S/C12H17N3O.C4H6O2/c13-11(16)4-2-1-3-9-5-7-10(8-6-9)12(14)15;5-4-2-1-3-6-4/h5-8H,1-4H2,(H2,13,16)(H3,14,15);1-3H2. The summed E-state index contributed by atoms with van der Waals surface area (Å²) in [4.78, 5) is 20.5. The third kappa shape index (κ3) is 7.42. The fourth-order valence-corrected chi connectivity index (χ4v) is 1.95. The molecule has 1 heterocycles. The Kier molecular flexibility index (Phi) is 7.67. The fourth-order valence-electron chi connectivity index (χ4n) is 1.95. The Labute approximate surface area is 130 Å². The number of hydrogen-bond acceptors (Lipinski definition) is 4. The van der Waals surface area contributed by atoms with Crippen molar-refractivity contribution in [2.24, 2.45) is 11.5 Å². The van der Waals surface area contributed by atoms with Gasteiger partial charge in [-0.3, -0.25) is 15.0 Å². The number of carbonyl (C=O) groups excluding carboxylic acids is 2. The minimum absolute atomic E-state index is 0.0463. The summed E-state index contributed by atoms with van der Waals surface area (Å²) in [6.45, 7) is 0.638. The van der Waals surface area contributed by atoms with Crippen molar-refractivity contribution >= 4 is 17.7 Å².